The number of halogens is 2. The Morgan fingerprint density at radius 3 is 2.49 bits per heavy atom. The summed E-state index contributed by atoms with van der Waals surface area (Å²) in [7, 11) is 0. The van der Waals surface area contributed by atoms with Crippen molar-refractivity contribution in [1.82, 2.24) is 20.6 Å². The zero-order valence-electron chi connectivity index (χ0n) is 20.1. The molecular formula is C27H26F2N4O4. The maximum Gasteiger partial charge on any atom is 0.274 e. The number of amides is 2. The Balaban J connectivity index is 1.72. The molecule has 0 spiro atoms. The highest BCUT2D eigenvalue weighted by molar-refractivity contribution is 6.09. The molecule has 2 amide bonds. The van der Waals surface area contributed by atoms with Gasteiger partial charge in [0.1, 0.15) is 22.9 Å². The second kappa shape index (κ2) is 11.3. The van der Waals surface area contributed by atoms with Gasteiger partial charge in [-0.1, -0.05) is 23.8 Å². The van der Waals surface area contributed by atoms with Crippen LogP contribution in [0.2, 0.25) is 0 Å². The lowest BCUT2D eigenvalue weighted by atomic mass is 10.0. The molecule has 0 saturated heterocycles. The Kier molecular flexibility index (Phi) is 7.88. The third kappa shape index (κ3) is 6.15. The van der Waals surface area contributed by atoms with Gasteiger partial charge in [0.05, 0.1) is 6.61 Å². The quantitative estimate of drug-likeness (QED) is 0.369. The van der Waals surface area contributed by atoms with Gasteiger partial charge in [0.2, 0.25) is 0 Å². The van der Waals surface area contributed by atoms with Crippen molar-refractivity contribution in [3.63, 3.8) is 0 Å². The Bertz CT molecular complexity index is 1400. The number of aromatic nitrogens is 2. The molecule has 1 unspecified atom stereocenters. The number of allylic oxidation sites excluding steroid dienone is 3. The predicted octanol–water partition coefficient (Wildman–Crippen LogP) is 3.48. The molecule has 1 aliphatic carbocycles. The summed E-state index contributed by atoms with van der Waals surface area (Å²) in [6.07, 6.45) is 5.56. The van der Waals surface area contributed by atoms with Gasteiger partial charge in [0.15, 0.2) is 11.4 Å². The maximum absolute atomic E-state index is 13.3. The first-order valence-electron chi connectivity index (χ1n) is 11.7. The van der Waals surface area contributed by atoms with Gasteiger partial charge in [-0.2, -0.15) is 0 Å². The van der Waals surface area contributed by atoms with Crippen molar-refractivity contribution in [2.75, 3.05) is 13.2 Å². The number of carbonyl (C=O) groups excluding carboxylic acids is 2. The van der Waals surface area contributed by atoms with E-state index in [4.69, 9.17) is 0 Å². The molecule has 1 atom stereocenters. The van der Waals surface area contributed by atoms with Crippen LogP contribution in [0.25, 0.3) is 10.9 Å². The van der Waals surface area contributed by atoms with Crippen LogP contribution in [-0.2, 0) is 6.42 Å². The molecular weight excluding hydrogens is 482 g/mol. The first-order valence-corrected chi connectivity index (χ1v) is 11.7. The van der Waals surface area contributed by atoms with E-state index in [0.717, 1.165) is 11.1 Å². The average Bonchev–Trinajstić information content (AvgIpc) is 2.89. The Morgan fingerprint density at radius 1 is 1.05 bits per heavy atom. The number of aromatic hydroxyl groups is 1. The minimum atomic E-state index is -0.775. The first-order chi connectivity index (χ1) is 17.7. The number of hydrogen-bond donors (Lipinski definition) is 4. The molecule has 0 saturated carbocycles. The molecule has 10 heteroatoms. The summed E-state index contributed by atoms with van der Waals surface area (Å²) < 4.78 is 26.6. The van der Waals surface area contributed by atoms with Crippen LogP contribution in [-0.4, -0.2) is 51.2 Å². The van der Waals surface area contributed by atoms with Crippen LogP contribution in [0.3, 0.4) is 0 Å². The third-order valence-electron chi connectivity index (χ3n) is 5.94. The van der Waals surface area contributed by atoms with Crippen molar-refractivity contribution in [2.24, 2.45) is 0 Å². The summed E-state index contributed by atoms with van der Waals surface area (Å²) in [4.78, 5) is 34.5. The van der Waals surface area contributed by atoms with Crippen LogP contribution in [0, 0.1) is 5.82 Å². The van der Waals surface area contributed by atoms with Gasteiger partial charge in [0.25, 0.3) is 11.8 Å². The molecule has 8 nitrogen and oxygen atoms in total. The Morgan fingerprint density at radius 2 is 1.81 bits per heavy atom. The SMILES string of the molecule is CC(CO)NC(=O)c1nc(C(=O)NCC2=CC=C(F)CC2)c2cc(Cc3ccc(F)cc3)cnc2c1O. The van der Waals surface area contributed by atoms with Gasteiger partial charge in [-0.25, -0.2) is 13.8 Å². The number of nitrogens with one attached hydrogen (secondary N) is 2. The lowest BCUT2D eigenvalue weighted by Gasteiger charge is -2.15. The van der Waals surface area contributed by atoms with E-state index in [1.807, 2.05) is 0 Å². The zero-order chi connectivity index (χ0) is 26.5. The number of hydrogen-bond acceptors (Lipinski definition) is 6. The molecule has 2 aromatic heterocycles. The summed E-state index contributed by atoms with van der Waals surface area (Å²) >= 11 is 0. The number of fused-ring (bicyclic) bond motifs is 1. The fourth-order valence-corrected chi connectivity index (χ4v) is 3.90. The number of carbonyl (C=O) groups is 2. The standard InChI is InChI=1S/C27H26F2N4O4/c1-15(14-34)32-27(37)24-25(35)22-21(11-18(13-30-22)10-16-2-6-19(28)7-3-16)23(33-24)26(36)31-12-17-4-8-20(29)9-5-17/h2-4,6-8,11,13,15,34-35H,5,9-10,12,14H2,1H3,(H,31,36)(H,32,37). The number of aliphatic hydroxyl groups excluding tert-OH is 1. The molecule has 1 aromatic carbocycles. The second-order valence-corrected chi connectivity index (χ2v) is 8.88. The minimum absolute atomic E-state index is 0.00620. The summed E-state index contributed by atoms with van der Waals surface area (Å²) in [5.74, 6) is -2.47. The van der Waals surface area contributed by atoms with Gasteiger partial charge < -0.3 is 20.8 Å². The minimum Gasteiger partial charge on any atom is -0.504 e. The van der Waals surface area contributed by atoms with Crippen molar-refractivity contribution in [3.05, 3.63) is 88.4 Å². The van der Waals surface area contributed by atoms with E-state index in [1.165, 1.54) is 24.4 Å². The maximum atomic E-state index is 13.3. The van der Waals surface area contributed by atoms with Crippen LogP contribution in [0.15, 0.2) is 60.1 Å². The largest absolute Gasteiger partial charge is 0.504 e. The van der Waals surface area contributed by atoms with Crippen molar-refractivity contribution < 1.29 is 28.6 Å². The number of pyridine rings is 2. The molecule has 4 N–H and O–H groups in total. The van der Waals surface area contributed by atoms with E-state index < -0.39 is 29.3 Å². The van der Waals surface area contributed by atoms with Crippen LogP contribution < -0.4 is 10.6 Å². The van der Waals surface area contributed by atoms with Crippen molar-refractivity contribution in [2.45, 2.75) is 32.2 Å². The first kappa shape index (κ1) is 25.9. The van der Waals surface area contributed by atoms with Crippen LogP contribution in [0.1, 0.15) is 51.9 Å². The Hall–Kier alpha value is -4.18. The van der Waals surface area contributed by atoms with E-state index >= 15 is 0 Å². The highest BCUT2D eigenvalue weighted by Gasteiger charge is 2.24. The molecule has 0 bridgehead atoms. The number of nitrogens with zero attached hydrogens (tertiary/aromatic N) is 2. The normalized spacial score (nSPS) is 14.1. The number of rotatable bonds is 8. The highest BCUT2D eigenvalue weighted by Crippen LogP contribution is 2.29. The molecule has 192 valence electrons. The number of benzene rings is 1. The van der Waals surface area contributed by atoms with E-state index in [1.54, 1.807) is 31.2 Å². The van der Waals surface area contributed by atoms with Gasteiger partial charge in [-0.05, 0) is 55.2 Å². The molecule has 2 heterocycles. The lowest BCUT2D eigenvalue weighted by Crippen LogP contribution is -2.36. The van der Waals surface area contributed by atoms with Gasteiger partial charge in [0, 0.05) is 30.6 Å². The molecule has 1 aliphatic rings. The van der Waals surface area contributed by atoms with Crippen molar-refractivity contribution >= 4 is 22.7 Å². The summed E-state index contributed by atoms with van der Waals surface area (Å²) in [6, 6.07) is 6.98. The lowest BCUT2D eigenvalue weighted by molar-refractivity contribution is 0.0914. The van der Waals surface area contributed by atoms with Crippen LogP contribution in [0.4, 0.5) is 8.78 Å². The summed E-state index contributed by atoms with van der Waals surface area (Å²) in [5.41, 5.74) is 1.79. The van der Waals surface area contributed by atoms with E-state index in [9.17, 15) is 28.6 Å². The molecule has 0 fully saturated rings. The fourth-order valence-electron chi connectivity index (χ4n) is 3.90. The van der Waals surface area contributed by atoms with Gasteiger partial charge >= 0.3 is 0 Å². The van der Waals surface area contributed by atoms with Crippen molar-refractivity contribution in [3.8, 4) is 5.75 Å². The topological polar surface area (TPSA) is 124 Å². The summed E-state index contributed by atoms with van der Waals surface area (Å²) in [5, 5.41) is 25.5. The predicted molar refractivity (Wildman–Crippen MR) is 133 cm³/mol. The van der Waals surface area contributed by atoms with Gasteiger partial charge in [-0.3, -0.25) is 14.6 Å². The monoisotopic (exact) mass is 508 g/mol. The fraction of sp³-hybridized carbons (Fsp3) is 0.259. The molecule has 0 radical (unpaired) electrons. The van der Waals surface area contributed by atoms with Crippen LogP contribution in [0.5, 0.6) is 5.75 Å². The molecule has 37 heavy (non-hydrogen) atoms. The van der Waals surface area contributed by atoms with E-state index in [-0.39, 0.29) is 47.8 Å². The van der Waals surface area contributed by atoms with Crippen LogP contribution >= 0.6 is 0 Å². The smallest absolute Gasteiger partial charge is 0.274 e. The average molecular weight is 509 g/mol. The second-order valence-electron chi connectivity index (χ2n) is 8.88. The summed E-state index contributed by atoms with van der Waals surface area (Å²) in [6.45, 7) is 1.39. The Labute approximate surface area is 211 Å². The number of aliphatic hydroxyl groups is 1. The van der Waals surface area contributed by atoms with Crippen molar-refractivity contribution in [1.29, 1.82) is 0 Å². The molecule has 4 rings (SSSR count). The zero-order valence-corrected chi connectivity index (χ0v) is 20.1. The van der Waals surface area contributed by atoms with Gasteiger partial charge in [-0.15, -0.1) is 0 Å². The molecule has 0 aliphatic heterocycles. The highest BCUT2D eigenvalue weighted by atomic mass is 19.1. The third-order valence-corrected chi connectivity index (χ3v) is 5.94. The van der Waals surface area contributed by atoms with E-state index in [0.29, 0.717) is 18.4 Å². The molecule has 3 aromatic rings. The van der Waals surface area contributed by atoms with E-state index in [2.05, 4.69) is 20.6 Å².